The summed E-state index contributed by atoms with van der Waals surface area (Å²) in [5.41, 5.74) is 2.10. The van der Waals surface area contributed by atoms with Crippen molar-refractivity contribution in [1.29, 1.82) is 0 Å². The summed E-state index contributed by atoms with van der Waals surface area (Å²) in [6.45, 7) is 4.57. The molecule has 2 rings (SSSR count). The summed E-state index contributed by atoms with van der Waals surface area (Å²) in [5, 5.41) is -0.155. The highest BCUT2D eigenvalue weighted by molar-refractivity contribution is 8.18. The first-order valence-corrected chi connectivity index (χ1v) is 7.25. The van der Waals surface area contributed by atoms with Crippen LogP contribution in [0.25, 0.3) is 6.08 Å². The number of rotatable bonds is 4. The number of benzene rings is 1. The monoisotopic (exact) mass is 275 g/mol. The fourth-order valence-corrected chi connectivity index (χ4v) is 2.79. The number of carbonyl (C=O) groups is 2. The molecular formula is C15H17NO2S. The maximum Gasteiger partial charge on any atom is 0.293 e. The predicted molar refractivity (Wildman–Crippen MR) is 78.8 cm³/mol. The van der Waals surface area contributed by atoms with E-state index in [1.165, 1.54) is 4.90 Å². The van der Waals surface area contributed by atoms with E-state index in [9.17, 15) is 9.59 Å². The minimum atomic E-state index is -0.162. The van der Waals surface area contributed by atoms with Crippen molar-refractivity contribution < 1.29 is 9.59 Å². The van der Waals surface area contributed by atoms with Crippen molar-refractivity contribution in [3.8, 4) is 0 Å². The molecule has 0 spiro atoms. The third-order valence-corrected chi connectivity index (χ3v) is 3.86. The van der Waals surface area contributed by atoms with Gasteiger partial charge in [0.15, 0.2) is 0 Å². The van der Waals surface area contributed by atoms with Crippen LogP contribution in [0.3, 0.4) is 0 Å². The smallest absolute Gasteiger partial charge is 0.268 e. The zero-order valence-electron chi connectivity index (χ0n) is 11.2. The Morgan fingerprint density at radius 2 is 2.11 bits per heavy atom. The third-order valence-electron chi connectivity index (χ3n) is 2.95. The van der Waals surface area contributed by atoms with E-state index < -0.39 is 0 Å². The molecule has 1 aromatic carbocycles. The second-order valence-electron chi connectivity index (χ2n) is 4.60. The Morgan fingerprint density at radius 1 is 1.32 bits per heavy atom. The van der Waals surface area contributed by atoms with Crippen LogP contribution in [0.15, 0.2) is 29.2 Å². The van der Waals surface area contributed by atoms with E-state index >= 15 is 0 Å². The Kier molecular flexibility index (Phi) is 4.43. The zero-order valence-corrected chi connectivity index (χ0v) is 12.0. The van der Waals surface area contributed by atoms with Gasteiger partial charge in [-0.2, -0.15) is 0 Å². The van der Waals surface area contributed by atoms with Gasteiger partial charge in [0.2, 0.25) is 0 Å². The van der Waals surface area contributed by atoms with Crippen molar-refractivity contribution in [2.75, 3.05) is 6.54 Å². The lowest BCUT2D eigenvalue weighted by Gasteiger charge is -2.10. The van der Waals surface area contributed by atoms with E-state index in [1.807, 2.05) is 38.1 Å². The molecule has 1 aliphatic rings. The van der Waals surface area contributed by atoms with Crippen LogP contribution in [0.5, 0.6) is 0 Å². The number of carbonyl (C=O) groups excluding carboxylic acids is 2. The van der Waals surface area contributed by atoms with Crippen LogP contribution in [0.2, 0.25) is 0 Å². The van der Waals surface area contributed by atoms with Gasteiger partial charge in [0.1, 0.15) is 0 Å². The van der Waals surface area contributed by atoms with Gasteiger partial charge in [-0.1, -0.05) is 43.2 Å². The minimum absolute atomic E-state index is 0.155. The fourth-order valence-electron chi connectivity index (χ4n) is 1.92. The van der Waals surface area contributed by atoms with Gasteiger partial charge in [0.25, 0.3) is 11.1 Å². The first kappa shape index (κ1) is 13.9. The van der Waals surface area contributed by atoms with Gasteiger partial charge in [0, 0.05) is 6.54 Å². The van der Waals surface area contributed by atoms with E-state index in [2.05, 4.69) is 0 Å². The van der Waals surface area contributed by atoms with Gasteiger partial charge in [-0.3, -0.25) is 14.5 Å². The Bertz CT molecular complexity index is 537. The molecule has 0 saturated carbocycles. The molecule has 100 valence electrons. The van der Waals surface area contributed by atoms with Crippen LogP contribution < -0.4 is 0 Å². The predicted octanol–water partition coefficient (Wildman–Crippen LogP) is 3.83. The molecule has 0 radical (unpaired) electrons. The Hall–Kier alpha value is -1.55. The number of nitrogens with zero attached hydrogens (tertiary/aromatic N) is 1. The number of unbranched alkanes of at least 4 members (excludes halogenated alkanes) is 1. The molecule has 1 saturated heterocycles. The largest absolute Gasteiger partial charge is 0.293 e. The zero-order chi connectivity index (χ0) is 13.8. The van der Waals surface area contributed by atoms with Gasteiger partial charge in [-0.25, -0.2) is 0 Å². The number of amides is 2. The molecule has 2 amide bonds. The molecule has 0 aliphatic carbocycles. The summed E-state index contributed by atoms with van der Waals surface area (Å²) in [6.07, 6.45) is 3.62. The quantitative estimate of drug-likeness (QED) is 0.784. The molecule has 3 nitrogen and oxygen atoms in total. The fraction of sp³-hybridized carbons (Fsp3) is 0.333. The second-order valence-corrected chi connectivity index (χ2v) is 5.59. The van der Waals surface area contributed by atoms with Crippen molar-refractivity contribution in [2.45, 2.75) is 26.7 Å². The van der Waals surface area contributed by atoms with Gasteiger partial charge in [-0.05, 0) is 36.7 Å². The maximum atomic E-state index is 12.1. The van der Waals surface area contributed by atoms with Crippen molar-refractivity contribution in [3.05, 3.63) is 40.3 Å². The van der Waals surface area contributed by atoms with Crippen LogP contribution >= 0.6 is 11.8 Å². The molecule has 1 aromatic rings. The molecule has 0 atom stereocenters. The van der Waals surface area contributed by atoms with Crippen LogP contribution in [0.1, 0.15) is 30.9 Å². The average molecular weight is 275 g/mol. The van der Waals surface area contributed by atoms with Crippen molar-refractivity contribution in [2.24, 2.45) is 0 Å². The summed E-state index contributed by atoms with van der Waals surface area (Å²) in [4.78, 5) is 25.8. The first-order chi connectivity index (χ1) is 9.11. The highest BCUT2D eigenvalue weighted by Crippen LogP contribution is 2.32. The summed E-state index contributed by atoms with van der Waals surface area (Å²) in [7, 11) is 0. The maximum absolute atomic E-state index is 12.1. The number of imide groups is 1. The highest BCUT2D eigenvalue weighted by atomic mass is 32.2. The molecule has 0 N–H and O–H groups in total. The molecule has 1 heterocycles. The third kappa shape index (κ3) is 3.26. The van der Waals surface area contributed by atoms with Crippen LogP contribution in [0, 0.1) is 6.92 Å². The normalized spacial score (nSPS) is 17.6. The number of thioether (sulfide) groups is 1. The Morgan fingerprint density at radius 3 is 2.79 bits per heavy atom. The molecule has 1 fully saturated rings. The van der Waals surface area contributed by atoms with E-state index in [0.717, 1.165) is 35.7 Å². The van der Waals surface area contributed by atoms with Gasteiger partial charge in [0.05, 0.1) is 4.91 Å². The molecule has 0 bridgehead atoms. The first-order valence-electron chi connectivity index (χ1n) is 6.44. The van der Waals surface area contributed by atoms with Crippen LogP contribution in [-0.2, 0) is 4.79 Å². The van der Waals surface area contributed by atoms with E-state index in [4.69, 9.17) is 0 Å². The topological polar surface area (TPSA) is 37.4 Å². The van der Waals surface area contributed by atoms with Crippen LogP contribution in [-0.4, -0.2) is 22.6 Å². The van der Waals surface area contributed by atoms with E-state index in [1.54, 1.807) is 6.08 Å². The van der Waals surface area contributed by atoms with Gasteiger partial charge >= 0.3 is 0 Å². The summed E-state index contributed by atoms with van der Waals surface area (Å²) in [5.74, 6) is -0.162. The molecular weight excluding hydrogens is 258 g/mol. The Balaban J connectivity index is 2.18. The lowest BCUT2D eigenvalue weighted by Crippen LogP contribution is -2.29. The molecule has 1 aliphatic heterocycles. The molecule has 4 heteroatoms. The van der Waals surface area contributed by atoms with Crippen molar-refractivity contribution in [1.82, 2.24) is 4.90 Å². The van der Waals surface area contributed by atoms with Gasteiger partial charge in [-0.15, -0.1) is 0 Å². The lowest BCUT2D eigenvalue weighted by molar-refractivity contribution is -0.122. The molecule has 0 aromatic heterocycles. The standard InChI is InChI=1S/C15H17NO2S/c1-3-4-8-16-14(17)13(19-15(16)18)10-12-7-5-6-11(2)9-12/h5-7,9-10H,3-4,8H2,1-2H3/b13-10-. The number of aryl methyl sites for hydroxylation is 1. The second kappa shape index (κ2) is 6.06. The van der Waals surface area contributed by atoms with Crippen molar-refractivity contribution >= 4 is 29.0 Å². The molecule has 0 unspecified atom stereocenters. The average Bonchev–Trinajstić information content (AvgIpc) is 2.62. The van der Waals surface area contributed by atoms with E-state index in [-0.39, 0.29) is 11.1 Å². The number of hydrogen-bond donors (Lipinski definition) is 0. The molecule has 19 heavy (non-hydrogen) atoms. The summed E-state index contributed by atoms with van der Waals surface area (Å²) >= 11 is 1.03. The minimum Gasteiger partial charge on any atom is -0.268 e. The van der Waals surface area contributed by atoms with Gasteiger partial charge < -0.3 is 0 Å². The van der Waals surface area contributed by atoms with Crippen molar-refractivity contribution in [3.63, 3.8) is 0 Å². The van der Waals surface area contributed by atoms with E-state index in [0.29, 0.717) is 11.4 Å². The summed E-state index contributed by atoms with van der Waals surface area (Å²) in [6, 6.07) is 7.89. The van der Waals surface area contributed by atoms with Crippen LogP contribution in [0.4, 0.5) is 4.79 Å². The highest BCUT2D eigenvalue weighted by Gasteiger charge is 2.34. The SMILES string of the molecule is CCCCN1C(=O)S/C(=C\c2cccc(C)c2)C1=O. The Labute approximate surface area is 117 Å². The lowest BCUT2D eigenvalue weighted by atomic mass is 10.1. The number of hydrogen-bond acceptors (Lipinski definition) is 3. The summed E-state index contributed by atoms with van der Waals surface area (Å²) < 4.78 is 0.